The molecule has 0 aromatic carbocycles. The molecule has 1 saturated carbocycles. The van der Waals surface area contributed by atoms with Gasteiger partial charge in [-0.3, -0.25) is 4.79 Å². The number of thioether (sulfide) groups is 1. The standard InChI is InChI=1S/C11H20O3S/c1-14-10(13)8-11(4-5-11)9-15-7-3-2-6-12/h12H,2-9H2,1H3. The fourth-order valence-electron chi connectivity index (χ4n) is 1.53. The van der Waals surface area contributed by atoms with Gasteiger partial charge in [0.2, 0.25) is 0 Å². The molecule has 88 valence electrons. The van der Waals surface area contributed by atoms with E-state index in [0.717, 1.165) is 37.2 Å². The molecule has 0 heterocycles. The molecule has 1 aliphatic rings. The van der Waals surface area contributed by atoms with Crippen LogP contribution in [0.5, 0.6) is 0 Å². The molecular formula is C11H20O3S. The van der Waals surface area contributed by atoms with Crippen LogP contribution in [-0.4, -0.2) is 36.3 Å². The van der Waals surface area contributed by atoms with Gasteiger partial charge in [0.25, 0.3) is 0 Å². The first-order valence-electron chi connectivity index (χ1n) is 5.48. The Morgan fingerprint density at radius 2 is 2.20 bits per heavy atom. The first kappa shape index (κ1) is 12.8. The van der Waals surface area contributed by atoms with Crippen LogP contribution in [0.3, 0.4) is 0 Å². The summed E-state index contributed by atoms with van der Waals surface area (Å²) in [6, 6.07) is 0. The molecule has 15 heavy (non-hydrogen) atoms. The summed E-state index contributed by atoms with van der Waals surface area (Å²) in [5.74, 6) is 2.07. The summed E-state index contributed by atoms with van der Waals surface area (Å²) in [5, 5.41) is 8.62. The van der Waals surface area contributed by atoms with Gasteiger partial charge in [0.05, 0.1) is 13.5 Å². The molecule has 0 radical (unpaired) electrons. The molecule has 1 N–H and O–H groups in total. The largest absolute Gasteiger partial charge is 0.469 e. The SMILES string of the molecule is COC(=O)CC1(CSCCCCO)CC1. The zero-order valence-corrected chi connectivity index (χ0v) is 10.1. The van der Waals surface area contributed by atoms with E-state index in [9.17, 15) is 4.79 Å². The van der Waals surface area contributed by atoms with Gasteiger partial charge in [-0.25, -0.2) is 0 Å². The summed E-state index contributed by atoms with van der Waals surface area (Å²) < 4.78 is 4.69. The minimum atomic E-state index is -0.0801. The Balaban J connectivity index is 2.07. The molecule has 0 spiro atoms. The van der Waals surface area contributed by atoms with Gasteiger partial charge in [-0.05, 0) is 42.6 Å². The predicted molar refractivity (Wildman–Crippen MR) is 61.9 cm³/mol. The quantitative estimate of drug-likeness (QED) is 0.512. The molecule has 1 rings (SSSR count). The van der Waals surface area contributed by atoms with Crippen LogP contribution in [0.25, 0.3) is 0 Å². The second-order valence-corrected chi connectivity index (χ2v) is 5.34. The number of hydrogen-bond donors (Lipinski definition) is 1. The molecule has 0 amide bonds. The lowest BCUT2D eigenvalue weighted by molar-refractivity contribution is -0.141. The van der Waals surface area contributed by atoms with Crippen molar-refractivity contribution in [1.29, 1.82) is 0 Å². The van der Waals surface area contributed by atoms with Crippen LogP contribution in [0, 0.1) is 5.41 Å². The summed E-state index contributed by atoms with van der Waals surface area (Å²) in [6.07, 6.45) is 4.85. The van der Waals surface area contributed by atoms with Gasteiger partial charge in [-0.1, -0.05) is 0 Å². The third-order valence-corrected chi connectivity index (χ3v) is 4.20. The van der Waals surface area contributed by atoms with Crippen molar-refractivity contribution in [2.24, 2.45) is 5.41 Å². The zero-order chi connectivity index (χ0) is 11.1. The lowest BCUT2D eigenvalue weighted by atomic mass is 10.1. The van der Waals surface area contributed by atoms with Crippen molar-refractivity contribution < 1.29 is 14.6 Å². The summed E-state index contributed by atoms with van der Waals surface area (Å²) in [7, 11) is 1.45. The lowest BCUT2D eigenvalue weighted by Gasteiger charge is -2.12. The van der Waals surface area contributed by atoms with E-state index in [0.29, 0.717) is 6.42 Å². The molecule has 0 unspecified atom stereocenters. The number of rotatable bonds is 8. The highest BCUT2D eigenvalue weighted by Gasteiger charge is 2.44. The molecule has 0 atom stereocenters. The number of esters is 1. The Hall–Kier alpha value is -0.220. The van der Waals surface area contributed by atoms with Gasteiger partial charge in [0.15, 0.2) is 0 Å². The highest BCUT2D eigenvalue weighted by Crippen LogP contribution is 2.51. The summed E-state index contributed by atoms with van der Waals surface area (Å²) in [6.45, 7) is 0.286. The topological polar surface area (TPSA) is 46.5 Å². The molecule has 1 fully saturated rings. The number of ether oxygens (including phenoxy) is 1. The van der Waals surface area contributed by atoms with E-state index in [1.54, 1.807) is 0 Å². The molecule has 3 nitrogen and oxygen atoms in total. The normalized spacial score (nSPS) is 17.5. The average Bonchev–Trinajstić information content (AvgIpc) is 2.98. The van der Waals surface area contributed by atoms with Crippen molar-refractivity contribution in [2.45, 2.75) is 32.1 Å². The molecule has 0 aliphatic heterocycles. The maximum absolute atomic E-state index is 11.1. The Labute approximate surface area is 95.6 Å². The van der Waals surface area contributed by atoms with Crippen molar-refractivity contribution in [2.75, 3.05) is 25.2 Å². The third-order valence-electron chi connectivity index (χ3n) is 2.81. The van der Waals surface area contributed by atoms with Gasteiger partial charge in [-0.2, -0.15) is 11.8 Å². The maximum atomic E-state index is 11.1. The van der Waals surface area contributed by atoms with E-state index in [1.807, 2.05) is 11.8 Å². The number of carbonyl (C=O) groups is 1. The van der Waals surface area contributed by atoms with E-state index in [-0.39, 0.29) is 18.0 Å². The number of aliphatic hydroxyl groups is 1. The van der Waals surface area contributed by atoms with Crippen LogP contribution in [-0.2, 0) is 9.53 Å². The van der Waals surface area contributed by atoms with Crippen molar-refractivity contribution in [3.63, 3.8) is 0 Å². The molecule has 4 heteroatoms. The first-order chi connectivity index (χ1) is 7.22. The lowest BCUT2D eigenvalue weighted by Crippen LogP contribution is -2.13. The number of methoxy groups -OCH3 is 1. The highest BCUT2D eigenvalue weighted by molar-refractivity contribution is 7.99. The highest BCUT2D eigenvalue weighted by atomic mass is 32.2. The van der Waals surface area contributed by atoms with Crippen molar-refractivity contribution in [1.82, 2.24) is 0 Å². The molecule has 0 bridgehead atoms. The first-order valence-corrected chi connectivity index (χ1v) is 6.63. The zero-order valence-electron chi connectivity index (χ0n) is 9.33. The fraction of sp³-hybridized carbons (Fsp3) is 0.909. The van der Waals surface area contributed by atoms with E-state index < -0.39 is 0 Å². The minimum absolute atomic E-state index is 0.0801. The average molecular weight is 232 g/mol. The number of hydrogen-bond acceptors (Lipinski definition) is 4. The summed E-state index contributed by atoms with van der Waals surface area (Å²) in [5.41, 5.74) is 0.247. The Morgan fingerprint density at radius 1 is 1.47 bits per heavy atom. The number of carbonyl (C=O) groups excluding carboxylic acids is 1. The van der Waals surface area contributed by atoms with Crippen molar-refractivity contribution in [3.8, 4) is 0 Å². The van der Waals surface area contributed by atoms with Crippen LogP contribution in [0.1, 0.15) is 32.1 Å². The van der Waals surface area contributed by atoms with E-state index in [1.165, 1.54) is 7.11 Å². The molecule has 0 aromatic rings. The van der Waals surface area contributed by atoms with Crippen molar-refractivity contribution >= 4 is 17.7 Å². The number of unbranched alkanes of at least 4 members (excludes halogenated alkanes) is 1. The van der Waals surface area contributed by atoms with E-state index >= 15 is 0 Å². The molecular weight excluding hydrogens is 212 g/mol. The van der Waals surface area contributed by atoms with Crippen LogP contribution in [0.4, 0.5) is 0 Å². The van der Waals surface area contributed by atoms with Crippen LogP contribution in [0.2, 0.25) is 0 Å². The third kappa shape index (κ3) is 4.89. The van der Waals surface area contributed by atoms with Gasteiger partial charge >= 0.3 is 5.97 Å². The smallest absolute Gasteiger partial charge is 0.306 e. The Kier molecular flexibility index (Phi) is 5.47. The Bertz CT molecular complexity index is 202. The maximum Gasteiger partial charge on any atom is 0.306 e. The van der Waals surface area contributed by atoms with Gasteiger partial charge in [0, 0.05) is 6.61 Å². The Morgan fingerprint density at radius 3 is 2.73 bits per heavy atom. The number of aliphatic hydroxyl groups excluding tert-OH is 1. The predicted octanol–water partition coefficient (Wildman–Crippen LogP) is 1.84. The fourth-order valence-corrected chi connectivity index (χ4v) is 2.91. The van der Waals surface area contributed by atoms with Gasteiger partial charge in [-0.15, -0.1) is 0 Å². The van der Waals surface area contributed by atoms with Crippen LogP contribution >= 0.6 is 11.8 Å². The van der Waals surface area contributed by atoms with Gasteiger partial charge in [0.1, 0.15) is 0 Å². The van der Waals surface area contributed by atoms with Crippen molar-refractivity contribution in [3.05, 3.63) is 0 Å². The molecule has 1 aliphatic carbocycles. The van der Waals surface area contributed by atoms with Crippen LogP contribution in [0.15, 0.2) is 0 Å². The van der Waals surface area contributed by atoms with Gasteiger partial charge < -0.3 is 9.84 Å². The second kappa shape index (κ2) is 6.38. The minimum Gasteiger partial charge on any atom is -0.469 e. The second-order valence-electron chi connectivity index (χ2n) is 4.24. The van der Waals surface area contributed by atoms with E-state index in [4.69, 9.17) is 5.11 Å². The molecule has 0 saturated heterocycles. The summed E-state index contributed by atoms with van der Waals surface area (Å²) >= 11 is 1.90. The van der Waals surface area contributed by atoms with E-state index in [2.05, 4.69) is 4.74 Å². The molecule has 0 aromatic heterocycles. The van der Waals surface area contributed by atoms with Crippen LogP contribution < -0.4 is 0 Å². The summed E-state index contributed by atoms with van der Waals surface area (Å²) in [4.78, 5) is 11.1. The monoisotopic (exact) mass is 232 g/mol.